The van der Waals surface area contributed by atoms with Crippen molar-refractivity contribution >= 4 is 53.4 Å². The first kappa shape index (κ1) is 28.4. The second kappa shape index (κ2) is 11.5. The summed E-state index contributed by atoms with van der Waals surface area (Å²) in [5.41, 5.74) is 7.80. The molecule has 234 valence electrons. The molecule has 6 aromatic carbocycles. The zero-order chi connectivity index (χ0) is 33.0. The standard InChI is InChI=1S/C43H26N6S/c1-4-14-27(15-5-1)37-39-38(32-21-11-13-23-36(32)50-39)45-42(44-37)30-24-25-35-33(26-30)31-20-10-12-22-34(31)49(35)43-47-40(28-16-6-2-7-17-28)46-41(48-43)29-18-8-3-9-19-29/h1-26H. The van der Waals surface area contributed by atoms with Crippen LogP contribution >= 0.6 is 11.3 Å². The Hall–Kier alpha value is -6.57. The summed E-state index contributed by atoms with van der Waals surface area (Å²) in [5, 5.41) is 3.31. The van der Waals surface area contributed by atoms with Crippen LogP contribution < -0.4 is 0 Å². The summed E-state index contributed by atoms with van der Waals surface area (Å²) in [6.45, 7) is 0. The van der Waals surface area contributed by atoms with Gasteiger partial charge < -0.3 is 0 Å². The molecule has 0 spiro atoms. The van der Waals surface area contributed by atoms with Crippen molar-refractivity contribution in [2.45, 2.75) is 0 Å². The van der Waals surface area contributed by atoms with Crippen LogP contribution in [0.5, 0.6) is 0 Å². The number of rotatable bonds is 5. The van der Waals surface area contributed by atoms with E-state index in [9.17, 15) is 0 Å². The third-order valence-electron chi connectivity index (χ3n) is 9.09. The largest absolute Gasteiger partial charge is 0.278 e. The Labute approximate surface area is 291 Å². The molecule has 10 aromatic rings. The van der Waals surface area contributed by atoms with Crippen molar-refractivity contribution in [3.05, 3.63) is 158 Å². The minimum Gasteiger partial charge on any atom is -0.278 e. The van der Waals surface area contributed by atoms with Crippen LogP contribution in [-0.4, -0.2) is 29.5 Å². The van der Waals surface area contributed by atoms with Crippen molar-refractivity contribution in [2.75, 3.05) is 0 Å². The molecule has 0 aliphatic heterocycles. The van der Waals surface area contributed by atoms with E-state index in [2.05, 4.69) is 95.6 Å². The molecule has 6 nitrogen and oxygen atoms in total. The molecule has 50 heavy (non-hydrogen) atoms. The van der Waals surface area contributed by atoms with Gasteiger partial charge in [-0.05, 0) is 30.3 Å². The van der Waals surface area contributed by atoms with E-state index < -0.39 is 0 Å². The topological polar surface area (TPSA) is 69.4 Å². The Morgan fingerprint density at radius 1 is 0.400 bits per heavy atom. The van der Waals surface area contributed by atoms with Gasteiger partial charge in [-0.15, -0.1) is 11.3 Å². The number of benzene rings is 6. The van der Waals surface area contributed by atoms with Gasteiger partial charge in [0.2, 0.25) is 5.95 Å². The molecule has 4 heterocycles. The number of nitrogens with zero attached hydrogens (tertiary/aromatic N) is 6. The lowest BCUT2D eigenvalue weighted by Gasteiger charge is -2.11. The van der Waals surface area contributed by atoms with Crippen molar-refractivity contribution in [1.29, 1.82) is 0 Å². The van der Waals surface area contributed by atoms with Crippen molar-refractivity contribution in [3.8, 4) is 51.4 Å². The van der Waals surface area contributed by atoms with Gasteiger partial charge in [0.1, 0.15) is 0 Å². The monoisotopic (exact) mass is 658 g/mol. The first-order chi connectivity index (χ1) is 24.8. The highest BCUT2D eigenvalue weighted by molar-refractivity contribution is 7.26. The molecule has 0 unspecified atom stereocenters. The zero-order valence-corrected chi connectivity index (χ0v) is 27.4. The van der Waals surface area contributed by atoms with Crippen LogP contribution in [0.2, 0.25) is 0 Å². The SMILES string of the molecule is c1ccc(-c2nc(-c3ccccc3)nc(-n3c4ccccc4c4cc(-c5nc(-c6ccccc6)c6sc7ccccc7c6n5)ccc43)n2)cc1. The smallest absolute Gasteiger partial charge is 0.238 e. The van der Waals surface area contributed by atoms with E-state index in [4.69, 9.17) is 24.9 Å². The maximum atomic E-state index is 5.24. The summed E-state index contributed by atoms with van der Waals surface area (Å²) >= 11 is 1.74. The van der Waals surface area contributed by atoms with E-state index in [1.54, 1.807) is 11.3 Å². The van der Waals surface area contributed by atoms with E-state index in [1.165, 1.54) is 4.70 Å². The molecule has 0 saturated heterocycles. The quantitative estimate of drug-likeness (QED) is 0.184. The molecule has 0 N–H and O–H groups in total. The Kier molecular flexibility index (Phi) is 6.57. The van der Waals surface area contributed by atoms with Gasteiger partial charge >= 0.3 is 0 Å². The summed E-state index contributed by atoms with van der Waals surface area (Å²) < 4.78 is 4.43. The van der Waals surface area contributed by atoms with Crippen molar-refractivity contribution in [2.24, 2.45) is 0 Å². The summed E-state index contributed by atoms with van der Waals surface area (Å²) in [6, 6.07) is 53.9. The summed E-state index contributed by atoms with van der Waals surface area (Å²) in [6.07, 6.45) is 0. The van der Waals surface area contributed by atoms with Gasteiger partial charge in [0.05, 0.1) is 26.9 Å². The number of hydrogen-bond acceptors (Lipinski definition) is 6. The lowest BCUT2D eigenvalue weighted by molar-refractivity contribution is 0.953. The van der Waals surface area contributed by atoms with Crippen molar-refractivity contribution in [1.82, 2.24) is 29.5 Å². The fourth-order valence-corrected chi connectivity index (χ4v) is 7.89. The predicted molar refractivity (Wildman–Crippen MR) is 204 cm³/mol. The van der Waals surface area contributed by atoms with Crippen LogP contribution in [0.1, 0.15) is 0 Å². The molecule has 0 saturated carbocycles. The fourth-order valence-electron chi connectivity index (χ4n) is 6.74. The highest BCUT2D eigenvalue weighted by atomic mass is 32.1. The third kappa shape index (κ3) is 4.67. The van der Waals surface area contributed by atoms with E-state index in [-0.39, 0.29) is 0 Å². The molecule has 0 aliphatic carbocycles. The van der Waals surface area contributed by atoms with Gasteiger partial charge in [-0.3, -0.25) is 4.57 Å². The van der Waals surface area contributed by atoms with Gasteiger partial charge in [0.15, 0.2) is 17.5 Å². The first-order valence-electron chi connectivity index (χ1n) is 16.4. The normalized spacial score (nSPS) is 11.6. The highest BCUT2D eigenvalue weighted by Crippen LogP contribution is 2.40. The molecule has 0 aliphatic rings. The Bertz CT molecular complexity index is 2810. The molecule has 10 rings (SSSR count). The molecule has 0 atom stereocenters. The molecule has 0 amide bonds. The fraction of sp³-hybridized carbons (Fsp3) is 0. The molecule has 0 fully saturated rings. The maximum absolute atomic E-state index is 5.24. The molecular formula is C43H26N6S. The van der Waals surface area contributed by atoms with Gasteiger partial charge in [-0.2, -0.15) is 9.97 Å². The van der Waals surface area contributed by atoms with Crippen molar-refractivity contribution < 1.29 is 0 Å². The Balaban J connectivity index is 1.21. The summed E-state index contributed by atoms with van der Waals surface area (Å²) in [5.74, 6) is 2.49. The van der Waals surface area contributed by atoms with Crippen LogP contribution in [0.4, 0.5) is 0 Å². The van der Waals surface area contributed by atoms with Crippen LogP contribution in [0, 0.1) is 0 Å². The number of thiophene rings is 1. The molecule has 0 radical (unpaired) electrons. The molecule has 7 heteroatoms. The van der Waals surface area contributed by atoms with Gasteiger partial charge in [-0.1, -0.05) is 127 Å². The van der Waals surface area contributed by atoms with Crippen LogP contribution in [-0.2, 0) is 0 Å². The van der Waals surface area contributed by atoms with E-state index >= 15 is 0 Å². The molecule has 4 aromatic heterocycles. The van der Waals surface area contributed by atoms with Crippen LogP contribution in [0.15, 0.2) is 158 Å². The Morgan fingerprint density at radius 2 is 0.960 bits per heavy atom. The lowest BCUT2D eigenvalue weighted by Crippen LogP contribution is -2.06. The Morgan fingerprint density at radius 3 is 1.66 bits per heavy atom. The highest BCUT2D eigenvalue weighted by Gasteiger charge is 2.20. The number of fused-ring (bicyclic) bond motifs is 6. The number of hydrogen-bond donors (Lipinski definition) is 0. The molecular weight excluding hydrogens is 633 g/mol. The second-order valence-corrected chi connectivity index (χ2v) is 13.2. The van der Waals surface area contributed by atoms with E-state index in [0.717, 1.165) is 65.4 Å². The first-order valence-corrected chi connectivity index (χ1v) is 17.3. The molecule has 0 bridgehead atoms. The number of aromatic nitrogens is 6. The van der Waals surface area contributed by atoms with Gasteiger partial charge in [0.25, 0.3) is 0 Å². The number of para-hydroxylation sites is 1. The van der Waals surface area contributed by atoms with Gasteiger partial charge in [-0.25, -0.2) is 15.0 Å². The summed E-state index contributed by atoms with van der Waals surface area (Å²) in [4.78, 5) is 25.5. The van der Waals surface area contributed by atoms with E-state index in [1.807, 2.05) is 66.7 Å². The predicted octanol–water partition coefficient (Wildman–Crippen LogP) is 10.8. The second-order valence-electron chi connectivity index (χ2n) is 12.1. The minimum atomic E-state index is 0.561. The van der Waals surface area contributed by atoms with E-state index in [0.29, 0.717) is 23.4 Å². The maximum Gasteiger partial charge on any atom is 0.238 e. The van der Waals surface area contributed by atoms with Crippen molar-refractivity contribution in [3.63, 3.8) is 0 Å². The zero-order valence-electron chi connectivity index (χ0n) is 26.6. The third-order valence-corrected chi connectivity index (χ3v) is 10.3. The lowest BCUT2D eigenvalue weighted by atomic mass is 10.1. The van der Waals surface area contributed by atoms with Crippen LogP contribution in [0.3, 0.4) is 0 Å². The minimum absolute atomic E-state index is 0.561. The summed E-state index contributed by atoms with van der Waals surface area (Å²) in [7, 11) is 0. The van der Waals surface area contributed by atoms with Gasteiger partial charge in [0, 0.05) is 43.1 Å². The average Bonchev–Trinajstić information content (AvgIpc) is 3.74. The average molecular weight is 659 g/mol. The van der Waals surface area contributed by atoms with Crippen LogP contribution in [0.25, 0.3) is 93.5 Å².